The van der Waals surface area contributed by atoms with Crippen molar-refractivity contribution in [1.82, 2.24) is 15.1 Å². The minimum atomic E-state index is -0.797. The quantitative estimate of drug-likeness (QED) is 0.739. The number of nitrogens with one attached hydrogen (secondary N) is 1. The van der Waals surface area contributed by atoms with E-state index in [9.17, 15) is 9.59 Å². The van der Waals surface area contributed by atoms with E-state index in [-0.39, 0.29) is 11.9 Å². The smallest absolute Gasteiger partial charge is 0.320 e. The van der Waals surface area contributed by atoms with Crippen LogP contribution in [0.5, 0.6) is 0 Å². The molecule has 0 spiro atoms. The Kier molecular flexibility index (Phi) is 4.76. The Hall–Kier alpha value is -1.14. The van der Waals surface area contributed by atoms with Gasteiger partial charge in [0.1, 0.15) is 6.04 Å². The molecular formula is C13H23N3O3. The highest BCUT2D eigenvalue weighted by atomic mass is 16.4. The van der Waals surface area contributed by atoms with Crippen LogP contribution in [0.15, 0.2) is 0 Å². The predicted molar refractivity (Wildman–Crippen MR) is 70.9 cm³/mol. The van der Waals surface area contributed by atoms with Crippen LogP contribution in [0.25, 0.3) is 0 Å². The number of carboxylic acids is 1. The van der Waals surface area contributed by atoms with E-state index in [0.717, 1.165) is 25.8 Å². The summed E-state index contributed by atoms with van der Waals surface area (Å²) in [5, 5.41) is 12.3. The van der Waals surface area contributed by atoms with Crippen molar-refractivity contribution in [1.29, 1.82) is 0 Å². The lowest BCUT2D eigenvalue weighted by molar-refractivity contribution is -0.144. The fourth-order valence-electron chi connectivity index (χ4n) is 2.77. The largest absolute Gasteiger partial charge is 0.480 e. The van der Waals surface area contributed by atoms with Gasteiger partial charge in [-0.15, -0.1) is 0 Å². The third kappa shape index (κ3) is 3.45. The van der Waals surface area contributed by atoms with Crippen LogP contribution in [0.4, 0.5) is 0 Å². The number of hydrogen-bond donors (Lipinski definition) is 2. The zero-order valence-electron chi connectivity index (χ0n) is 11.5. The van der Waals surface area contributed by atoms with Crippen LogP contribution in [0, 0.1) is 0 Å². The van der Waals surface area contributed by atoms with Crippen molar-refractivity contribution in [2.45, 2.75) is 38.3 Å². The van der Waals surface area contributed by atoms with Gasteiger partial charge in [0.2, 0.25) is 5.91 Å². The van der Waals surface area contributed by atoms with Gasteiger partial charge in [-0.3, -0.25) is 14.5 Å². The minimum absolute atomic E-state index is 0.0304. The number of carboxylic acid groups (broad SMARTS) is 1. The Balaban J connectivity index is 1.82. The van der Waals surface area contributed by atoms with Crippen LogP contribution >= 0.6 is 0 Å². The standard InChI is InChI=1S/C13H23N3O3/c1-10(13(18)19)15-6-8-16(9-7-15)12(17)11-4-2-3-5-14-11/h10-11,14H,2-9H2,1H3,(H,18,19)/t10?,11-/m1/s1. The average molecular weight is 269 g/mol. The molecule has 2 atom stereocenters. The van der Waals surface area contributed by atoms with Gasteiger partial charge in [-0.05, 0) is 26.3 Å². The van der Waals surface area contributed by atoms with E-state index in [0.29, 0.717) is 26.2 Å². The van der Waals surface area contributed by atoms with Crippen molar-refractivity contribution in [3.05, 3.63) is 0 Å². The van der Waals surface area contributed by atoms with Gasteiger partial charge in [0.05, 0.1) is 6.04 Å². The molecule has 19 heavy (non-hydrogen) atoms. The molecule has 0 aromatic carbocycles. The lowest BCUT2D eigenvalue weighted by atomic mass is 10.0. The SMILES string of the molecule is CC(C(=O)O)N1CCN(C(=O)[C@H]2CCCCN2)CC1. The first kappa shape index (κ1) is 14.3. The molecule has 6 heteroatoms. The molecule has 0 aromatic rings. The zero-order valence-corrected chi connectivity index (χ0v) is 11.5. The molecule has 0 aliphatic carbocycles. The third-order valence-electron chi connectivity index (χ3n) is 4.14. The van der Waals surface area contributed by atoms with Gasteiger partial charge in [0.25, 0.3) is 0 Å². The van der Waals surface area contributed by atoms with Gasteiger partial charge in [-0.2, -0.15) is 0 Å². The zero-order chi connectivity index (χ0) is 13.8. The molecule has 0 radical (unpaired) electrons. The Morgan fingerprint density at radius 3 is 2.42 bits per heavy atom. The van der Waals surface area contributed by atoms with E-state index >= 15 is 0 Å². The van der Waals surface area contributed by atoms with Gasteiger partial charge in [0, 0.05) is 26.2 Å². The van der Waals surface area contributed by atoms with E-state index in [1.807, 2.05) is 9.80 Å². The minimum Gasteiger partial charge on any atom is -0.480 e. The van der Waals surface area contributed by atoms with E-state index in [1.165, 1.54) is 0 Å². The molecule has 0 saturated carbocycles. The topological polar surface area (TPSA) is 72.9 Å². The predicted octanol–water partition coefficient (Wildman–Crippen LogP) is -0.254. The second kappa shape index (κ2) is 6.34. The van der Waals surface area contributed by atoms with Crippen LogP contribution in [0.3, 0.4) is 0 Å². The number of piperazine rings is 1. The summed E-state index contributed by atoms with van der Waals surface area (Å²) in [5.41, 5.74) is 0. The first-order chi connectivity index (χ1) is 9.09. The number of rotatable bonds is 3. The number of carbonyl (C=O) groups is 2. The third-order valence-corrected chi connectivity index (χ3v) is 4.14. The maximum Gasteiger partial charge on any atom is 0.320 e. The molecule has 2 rings (SSSR count). The summed E-state index contributed by atoms with van der Waals surface area (Å²) in [6, 6.07) is -0.498. The molecule has 2 N–H and O–H groups in total. The van der Waals surface area contributed by atoms with Crippen LogP contribution in [0.1, 0.15) is 26.2 Å². The number of hydrogen-bond acceptors (Lipinski definition) is 4. The first-order valence-electron chi connectivity index (χ1n) is 7.08. The molecule has 2 fully saturated rings. The first-order valence-corrected chi connectivity index (χ1v) is 7.08. The summed E-state index contributed by atoms with van der Waals surface area (Å²) in [7, 11) is 0. The van der Waals surface area contributed by atoms with Crippen molar-refractivity contribution in [3.8, 4) is 0 Å². The van der Waals surface area contributed by atoms with Gasteiger partial charge in [-0.1, -0.05) is 6.42 Å². The van der Waals surface area contributed by atoms with Crippen LogP contribution in [-0.2, 0) is 9.59 Å². The van der Waals surface area contributed by atoms with Crippen molar-refractivity contribution in [2.75, 3.05) is 32.7 Å². The van der Waals surface area contributed by atoms with E-state index in [4.69, 9.17) is 5.11 Å². The van der Waals surface area contributed by atoms with Crippen molar-refractivity contribution >= 4 is 11.9 Å². The molecule has 6 nitrogen and oxygen atoms in total. The summed E-state index contributed by atoms with van der Waals surface area (Å²) in [5.74, 6) is -0.615. The molecule has 1 amide bonds. The fraction of sp³-hybridized carbons (Fsp3) is 0.846. The molecule has 0 aromatic heterocycles. The monoisotopic (exact) mass is 269 g/mol. The Bertz CT molecular complexity index is 334. The highest BCUT2D eigenvalue weighted by Crippen LogP contribution is 2.13. The van der Waals surface area contributed by atoms with Gasteiger partial charge < -0.3 is 15.3 Å². The molecule has 2 heterocycles. The summed E-state index contributed by atoms with van der Waals surface area (Å²) < 4.78 is 0. The second-order valence-electron chi connectivity index (χ2n) is 5.38. The molecular weight excluding hydrogens is 246 g/mol. The summed E-state index contributed by atoms with van der Waals surface area (Å²) >= 11 is 0. The van der Waals surface area contributed by atoms with E-state index < -0.39 is 12.0 Å². The highest BCUT2D eigenvalue weighted by molar-refractivity contribution is 5.82. The Morgan fingerprint density at radius 1 is 1.21 bits per heavy atom. The Labute approximate surface area is 113 Å². The summed E-state index contributed by atoms with van der Waals surface area (Å²) in [4.78, 5) is 27.0. The van der Waals surface area contributed by atoms with Gasteiger partial charge >= 0.3 is 5.97 Å². The summed E-state index contributed by atoms with van der Waals surface area (Å²) in [6.07, 6.45) is 3.18. The van der Waals surface area contributed by atoms with Crippen molar-refractivity contribution in [2.24, 2.45) is 0 Å². The number of aliphatic carboxylic acids is 1. The lowest BCUT2D eigenvalue weighted by Crippen LogP contribution is -2.57. The van der Waals surface area contributed by atoms with Gasteiger partial charge in [0.15, 0.2) is 0 Å². The molecule has 108 valence electrons. The van der Waals surface area contributed by atoms with Crippen molar-refractivity contribution < 1.29 is 14.7 Å². The second-order valence-corrected chi connectivity index (χ2v) is 5.38. The van der Waals surface area contributed by atoms with Crippen LogP contribution in [-0.4, -0.2) is 71.6 Å². The lowest BCUT2D eigenvalue weighted by Gasteiger charge is -2.38. The number of piperidine rings is 1. The van der Waals surface area contributed by atoms with E-state index in [2.05, 4.69) is 5.32 Å². The number of amides is 1. The maximum atomic E-state index is 12.3. The van der Waals surface area contributed by atoms with Gasteiger partial charge in [-0.25, -0.2) is 0 Å². The molecule has 2 saturated heterocycles. The van der Waals surface area contributed by atoms with Crippen molar-refractivity contribution in [3.63, 3.8) is 0 Å². The molecule has 0 bridgehead atoms. The molecule has 2 aliphatic rings. The highest BCUT2D eigenvalue weighted by Gasteiger charge is 2.30. The molecule has 2 aliphatic heterocycles. The number of carbonyl (C=O) groups excluding carboxylic acids is 1. The van der Waals surface area contributed by atoms with Crippen LogP contribution in [0.2, 0.25) is 0 Å². The van der Waals surface area contributed by atoms with Crippen LogP contribution < -0.4 is 5.32 Å². The normalized spacial score (nSPS) is 27.0. The Morgan fingerprint density at radius 2 is 1.89 bits per heavy atom. The maximum absolute atomic E-state index is 12.3. The molecule has 1 unspecified atom stereocenters. The number of nitrogens with zero attached hydrogens (tertiary/aromatic N) is 2. The average Bonchev–Trinajstić information content (AvgIpc) is 2.46. The fourth-order valence-corrected chi connectivity index (χ4v) is 2.77. The van der Waals surface area contributed by atoms with E-state index in [1.54, 1.807) is 6.92 Å². The summed E-state index contributed by atoms with van der Waals surface area (Å²) in [6.45, 7) is 5.18.